The van der Waals surface area contributed by atoms with E-state index in [2.05, 4.69) is 149 Å². The van der Waals surface area contributed by atoms with E-state index in [0.717, 1.165) is 59.5 Å². The molecule has 0 aliphatic heterocycles. The number of allylic oxidation sites excluding steroid dienone is 1. The number of alkyl halides is 3. The van der Waals surface area contributed by atoms with E-state index in [9.17, 15) is 13.2 Å². The van der Waals surface area contributed by atoms with Gasteiger partial charge in [0.05, 0.1) is 35.1 Å². The van der Waals surface area contributed by atoms with Gasteiger partial charge in [-0.1, -0.05) is 79.9 Å². The minimum absolute atomic E-state index is 0. The Balaban J connectivity index is 0.000000154. The van der Waals surface area contributed by atoms with Crippen molar-refractivity contribution in [2.24, 2.45) is 0 Å². The second-order valence-electron chi connectivity index (χ2n) is 14.6. The molecule has 0 saturated heterocycles. The van der Waals surface area contributed by atoms with Crippen molar-refractivity contribution in [1.82, 2.24) is 43.6 Å². The Labute approximate surface area is 473 Å². The van der Waals surface area contributed by atoms with Crippen LogP contribution in [0.2, 0.25) is 0 Å². The van der Waals surface area contributed by atoms with Gasteiger partial charge < -0.3 is 0 Å². The molecule has 0 fully saturated rings. The Morgan fingerprint density at radius 3 is 1.19 bits per heavy atom. The van der Waals surface area contributed by atoms with Crippen molar-refractivity contribution in [2.45, 2.75) is 6.18 Å². The van der Waals surface area contributed by atoms with E-state index < -0.39 is 6.18 Å². The zero-order chi connectivity index (χ0) is 48.4. The number of pyridine rings is 6. The fraction of sp³-hybridized carbons (Fsp3) is 0.0182. The molecule has 0 bridgehead atoms. The first-order valence-electron chi connectivity index (χ1n) is 21.1. The number of hydrogen-bond donors (Lipinski definition) is 0. The van der Waals surface area contributed by atoms with E-state index in [-0.39, 0.29) is 57.5 Å². The van der Waals surface area contributed by atoms with E-state index in [1.807, 2.05) is 154 Å². The molecular weight excluding hydrogens is 1140 g/mol. The van der Waals surface area contributed by atoms with Gasteiger partial charge in [0.2, 0.25) is 0 Å². The van der Waals surface area contributed by atoms with Crippen LogP contribution >= 0.6 is 45.2 Å². The quantitative estimate of drug-likeness (QED) is 0.0936. The third-order valence-corrected chi connectivity index (χ3v) is 11.3. The van der Waals surface area contributed by atoms with Crippen molar-refractivity contribution in [2.75, 3.05) is 0 Å². The van der Waals surface area contributed by atoms with Crippen molar-refractivity contribution in [3.8, 4) is 17.5 Å². The molecule has 0 aliphatic rings. The van der Waals surface area contributed by atoms with Crippen LogP contribution in [0.1, 0.15) is 16.7 Å². The van der Waals surface area contributed by atoms with Gasteiger partial charge in [-0.25, -0.2) is 15.0 Å². The minimum Gasteiger partial charge on any atom is -0.300 e. The Bertz CT molecular complexity index is 3380. The Morgan fingerprint density at radius 1 is 0.429 bits per heavy atom. The van der Waals surface area contributed by atoms with Gasteiger partial charge in [-0.15, -0.1) is 0 Å². The normalized spacial score (nSPS) is 10.6. The molecule has 11 rings (SSSR count). The summed E-state index contributed by atoms with van der Waals surface area (Å²) < 4.78 is 40.5. The van der Waals surface area contributed by atoms with E-state index in [1.165, 1.54) is 14.5 Å². The first-order valence-corrected chi connectivity index (χ1v) is 23.3. The predicted octanol–water partition coefficient (Wildman–Crippen LogP) is 11.7. The van der Waals surface area contributed by atoms with E-state index in [4.69, 9.17) is 0 Å². The summed E-state index contributed by atoms with van der Waals surface area (Å²) >= 11 is 4.53. The van der Waals surface area contributed by atoms with Gasteiger partial charge in [0.1, 0.15) is 17.5 Å². The average Bonchev–Trinajstić information content (AvgIpc) is 4.15. The zero-order valence-electron chi connectivity index (χ0n) is 37.8. The molecule has 0 N–H and O–H groups in total. The molecule has 0 saturated carbocycles. The number of nitrogens with zero attached hydrogens (tertiary/aromatic N) is 9. The zero-order valence-corrected chi connectivity index (χ0v) is 45.2. The number of aromatic nitrogens is 9. The summed E-state index contributed by atoms with van der Waals surface area (Å²) in [7, 11) is 0. The van der Waals surface area contributed by atoms with Crippen molar-refractivity contribution >= 4 is 96.1 Å². The second-order valence-corrected chi connectivity index (χ2v) is 17.1. The largest absolute Gasteiger partial charge is 1.00 e. The summed E-state index contributed by atoms with van der Waals surface area (Å²) in [5, 5.41) is 3.50. The summed E-state index contributed by atoms with van der Waals surface area (Å²) in [6.07, 6.45) is 24.2. The van der Waals surface area contributed by atoms with Crippen LogP contribution in [-0.4, -0.2) is 49.8 Å². The molecule has 0 amide bonds. The molecular formula is C55H42F3I2KN9+. The topological polar surface area (TPSA) is 92.1 Å². The van der Waals surface area contributed by atoms with Crippen molar-refractivity contribution in [1.29, 1.82) is 0 Å². The van der Waals surface area contributed by atoms with Crippen LogP contribution in [0.25, 0.3) is 68.4 Å². The first-order chi connectivity index (χ1) is 33.6. The van der Waals surface area contributed by atoms with E-state index in [0.29, 0.717) is 0 Å². The van der Waals surface area contributed by atoms with Gasteiger partial charge in [-0.2, -0.15) is 13.2 Å². The van der Waals surface area contributed by atoms with Crippen molar-refractivity contribution < 1.29 is 64.6 Å². The molecule has 9 aromatic heterocycles. The number of benzene rings is 2. The molecule has 11 aromatic rings. The molecule has 0 unspecified atom stereocenters. The number of halogens is 5. The summed E-state index contributed by atoms with van der Waals surface area (Å²) in [5.41, 5.74) is 6.48. The fourth-order valence-corrected chi connectivity index (χ4v) is 7.24. The van der Waals surface area contributed by atoms with Crippen molar-refractivity contribution in [3.63, 3.8) is 0 Å². The average molecular weight is 1180 g/mol. The molecule has 0 aliphatic carbocycles. The minimum atomic E-state index is -4.19. The smallest absolute Gasteiger partial charge is 0.300 e. The molecule has 0 spiro atoms. The monoisotopic (exact) mass is 1180 g/mol. The second kappa shape index (κ2) is 26.9. The molecule has 0 atom stereocenters. The molecule has 9 heterocycles. The molecule has 2 aromatic carbocycles. The van der Waals surface area contributed by atoms with E-state index >= 15 is 0 Å². The van der Waals surface area contributed by atoms with Crippen LogP contribution in [0.15, 0.2) is 227 Å². The van der Waals surface area contributed by atoms with Gasteiger partial charge in [0.15, 0.2) is 0 Å². The first kappa shape index (κ1) is 53.4. The molecule has 15 heteroatoms. The van der Waals surface area contributed by atoms with E-state index in [1.54, 1.807) is 24.7 Å². The summed E-state index contributed by atoms with van der Waals surface area (Å²) in [4.78, 5) is 25.8. The number of fused-ring (bicyclic) bond motifs is 3. The maximum atomic E-state index is 10.7. The summed E-state index contributed by atoms with van der Waals surface area (Å²) in [6.45, 7) is 6.22. The fourth-order valence-electron chi connectivity index (χ4n) is 6.50. The third-order valence-electron chi connectivity index (χ3n) is 9.95. The maximum Gasteiger partial charge on any atom is 1.00 e. The molecule has 9 nitrogen and oxygen atoms in total. The molecule has 342 valence electrons. The Morgan fingerprint density at radius 2 is 0.829 bits per heavy atom. The summed E-state index contributed by atoms with van der Waals surface area (Å²) in [6, 6.07) is 44.8. The van der Waals surface area contributed by atoms with Gasteiger partial charge >= 0.3 is 57.6 Å². The SMILES string of the molecule is C(=C\c1ccc(-n2ccc3ccncc32)nc1)/c1ccccc1.C=CC(F)(F)F.C=Cc1ccc(-n2ccc3ccncc32)nc1.Ic1ccc(-n2ccc3ccncc32)nc1.Ic1ccccc1.[K+]. The Kier molecular flexibility index (Phi) is 20.5. The van der Waals surface area contributed by atoms with Gasteiger partial charge in [0, 0.05) is 85.1 Å². The Hall–Kier alpha value is -5.93. The predicted molar refractivity (Wildman–Crippen MR) is 290 cm³/mol. The number of rotatable bonds is 6. The molecule has 0 radical (unpaired) electrons. The van der Waals surface area contributed by atoms with Gasteiger partial charge in [-0.3, -0.25) is 28.7 Å². The third kappa shape index (κ3) is 15.5. The van der Waals surface area contributed by atoms with Crippen LogP contribution in [0.5, 0.6) is 0 Å². The van der Waals surface area contributed by atoms with Crippen LogP contribution in [-0.2, 0) is 0 Å². The maximum absolute atomic E-state index is 10.7. The summed E-state index contributed by atoms with van der Waals surface area (Å²) in [5.74, 6) is 2.70. The van der Waals surface area contributed by atoms with Crippen LogP contribution in [0.4, 0.5) is 13.2 Å². The van der Waals surface area contributed by atoms with Gasteiger partial charge in [-0.05, 0) is 147 Å². The van der Waals surface area contributed by atoms with Crippen LogP contribution < -0.4 is 51.4 Å². The van der Waals surface area contributed by atoms with Gasteiger partial charge in [0.25, 0.3) is 0 Å². The molecule has 70 heavy (non-hydrogen) atoms. The number of hydrogen-bond acceptors (Lipinski definition) is 6. The van der Waals surface area contributed by atoms with Crippen molar-refractivity contribution in [3.05, 3.63) is 251 Å². The van der Waals surface area contributed by atoms with Crippen LogP contribution in [0, 0.1) is 7.14 Å². The standard InChI is InChI=1S/C20H15N3.C14H11N3.C12H8IN3.C6H5I.C3H3F3.K/c1-2-4-16(5-3-1)6-7-17-8-9-20(22-14-17)23-13-11-18-10-12-21-15-19(18)23;1-2-11-3-4-14(16-9-11)17-8-6-12-5-7-15-10-13(12)17;13-10-1-2-12(15-7-10)16-6-4-9-3-5-14-8-11(9)16;7-6-4-2-1-3-5-6;1-2-3(4,5)6;/h1-15H;2-10H,1H2;1-8H;1-5H;2H,1H2;/q;;;;;+1/b7-6+;;;;;. The van der Waals surface area contributed by atoms with Crippen LogP contribution in [0.3, 0.4) is 0 Å².